The van der Waals surface area contributed by atoms with E-state index >= 15 is 0 Å². The van der Waals surface area contributed by atoms with Gasteiger partial charge in [0.2, 0.25) is 0 Å². The Kier molecular flexibility index (Phi) is 8.54. The van der Waals surface area contributed by atoms with Crippen LogP contribution in [0.1, 0.15) is 59.6 Å². The molecule has 1 aromatic rings. The number of benzene rings is 1. The Bertz CT molecular complexity index is 895. The Balaban J connectivity index is 1.77. The lowest BCUT2D eigenvalue weighted by molar-refractivity contribution is 0.00578. The van der Waals surface area contributed by atoms with Gasteiger partial charge in [-0.05, 0) is 79.0 Å². The zero-order valence-corrected chi connectivity index (χ0v) is 23.8. The van der Waals surface area contributed by atoms with Gasteiger partial charge in [0.15, 0.2) is 0 Å². The van der Waals surface area contributed by atoms with Crippen molar-refractivity contribution in [2.24, 2.45) is 0 Å². The minimum atomic E-state index is -0.566. The molecule has 7 nitrogen and oxygen atoms in total. The highest BCUT2D eigenvalue weighted by Gasteiger charge is 2.52. The van der Waals surface area contributed by atoms with Gasteiger partial charge in [-0.25, -0.2) is 4.79 Å². The van der Waals surface area contributed by atoms with Gasteiger partial charge in [0.05, 0.1) is 17.7 Å². The second-order valence-electron chi connectivity index (χ2n) is 11.9. The number of piperazine rings is 1. The van der Waals surface area contributed by atoms with Crippen LogP contribution in [-0.2, 0) is 20.6 Å². The summed E-state index contributed by atoms with van der Waals surface area (Å²) in [4.78, 5) is 19.6. The summed E-state index contributed by atoms with van der Waals surface area (Å²) in [6, 6.07) is 3.98. The largest absolute Gasteiger partial charge is 0.495 e. The molecule has 0 aromatic heterocycles. The molecule has 2 fully saturated rings. The number of hydrogen-bond acceptors (Lipinski definition) is 6. The molecule has 2 heterocycles. The van der Waals surface area contributed by atoms with Crippen LogP contribution in [0.3, 0.4) is 0 Å². The third-order valence-corrected chi connectivity index (χ3v) is 7.84. The summed E-state index contributed by atoms with van der Waals surface area (Å²) in [6.45, 7) is 21.6. The van der Waals surface area contributed by atoms with Gasteiger partial charge in [-0.15, -0.1) is 0 Å². The van der Waals surface area contributed by atoms with E-state index in [0.29, 0.717) is 18.1 Å². The summed E-state index contributed by atoms with van der Waals surface area (Å²) in [7, 11) is 1.66. The monoisotopic (exact) mass is 507 g/mol. The fraction of sp³-hybridized carbons (Fsp3) is 0.731. The van der Waals surface area contributed by atoms with E-state index in [1.54, 1.807) is 4.90 Å². The van der Waals surface area contributed by atoms with Crippen LogP contribution in [0, 0.1) is 6.92 Å². The van der Waals surface area contributed by atoms with Crippen LogP contribution < -0.4 is 5.46 Å². The predicted octanol–water partition coefficient (Wildman–Crippen LogP) is 3.93. The van der Waals surface area contributed by atoms with E-state index in [0.717, 1.165) is 49.3 Å². The number of hydrogen-bond donors (Lipinski definition) is 0. The van der Waals surface area contributed by atoms with Crippen LogP contribution in [0.5, 0.6) is 0 Å². The molecule has 2 aliphatic rings. The second kappa shape index (κ2) is 10.6. The first-order chi connectivity index (χ1) is 16.1. The molecule has 0 spiro atoms. The lowest BCUT2D eigenvalue weighted by Crippen LogP contribution is -2.48. The number of nitrogens with zero attached hydrogens (tertiary/aromatic N) is 3. The van der Waals surface area contributed by atoms with Crippen LogP contribution in [0.2, 0.25) is 5.02 Å². The van der Waals surface area contributed by atoms with Crippen LogP contribution in [0.25, 0.3) is 0 Å². The lowest BCUT2D eigenvalue weighted by atomic mass is 9.75. The Morgan fingerprint density at radius 3 is 2.23 bits per heavy atom. The van der Waals surface area contributed by atoms with Crippen LogP contribution >= 0.6 is 11.6 Å². The molecule has 196 valence electrons. The van der Waals surface area contributed by atoms with Crippen molar-refractivity contribution >= 4 is 30.3 Å². The maximum atomic E-state index is 13.1. The summed E-state index contributed by atoms with van der Waals surface area (Å²) in [5.41, 5.74) is 1.29. The smallest absolute Gasteiger partial charge is 0.444 e. The Morgan fingerprint density at radius 1 is 1.11 bits per heavy atom. The lowest BCUT2D eigenvalue weighted by Gasteiger charge is -2.34. The number of amides is 1. The number of carbonyl (C=O) groups excluding carboxylic acids is 1. The van der Waals surface area contributed by atoms with E-state index in [4.69, 9.17) is 25.6 Å². The van der Waals surface area contributed by atoms with Gasteiger partial charge in [0.25, 0.3) is 0 Å². The van der Waals surface area contributed by atoms with Gasteiger partial charge in [-0.3, -0.25) is 4.90 Å². The van der Waals surface area contributed by atoms with E-state index in [1.165, 1.54) is 0 Å². The third-order valence-electron chi connectivity index (χ3n) is 7.31. The summed E-state index contributed by atoms with van der Waals surface area (Å²) < 4.78 is 18.2. The molecule has 9 heteroatoms. The van der Waals surface area contributed by atoms with Crippen molar-refractivity contribution in [1.82, 2.24) is 14.7 Å². The van der Waals surface area contributed by atoms with E-state index in [1.807, 2.05) is 67.5 Å². The Hall–Kier alpha value is -1.32. The van der Waals surface area contributed by atoms with E-state index in [2.05, 4.69) is 16.8 Å². The highest BCUT2D eigenvalue weighted by molar-refractivity contribution is 6.63. The molecule has 0 radical (unpaired) electrons. The zero-order valence-electron chi connectivity index (χ0n) is 23.0. The Morgan fingerprint density at radius 2 is 1.69 bits per heavy atom. The predicted molar refractivity (Wildman–Crippen MR) is 142 cm³/mol. The highest BCUT2D eigenvalue weighted by atomic mass is 35.5. The molecule has 0 bridgehead atoms. The molecule has 0 unspecified atom stereocenters. The fourth-order valence-corrected chi connectivity index (χ4v) is 4.44. The maximum Gasteiger partial charge on any atom is 0.495 e. The van der Waals surface area contributed by atoms with Crippen molar-refractivity contribution in [3.8, 4) is 0 Å². The molecular weight excluding hydrogens is 465 g/mol. The first-order valence-corrected chi connectivity index (χ1v) is 13.0. The molecule has 0 atom stereocenters. The van der Waals surface area contributed by atoms with Gasteiger partial charge in [-0.1, -0.05) is 23.7 Å². The first-order valence-electron chi connectivity index (χ1n) is 12.6. The standard InChI is InChI=1S/C26H43BClN3O4/c1-19-21(27-34-25(5,6)26(7,8)35-27)11-10-20(22(19)28)18-31(23(32)33-24(2,3)4)17-16-30-14-12-29(9)13-15-30/h10-11H,12-18H2,1-9H3. The summed E-state index contributed by atoms with van der Waals surface area (Å²) in [5.74, 6) is 0. The summed E-state index contributed by atoms with van der Waals surface area (Å²) in [5, 5.41) is 0.630. The van der Waals surface area contributed by atoms with Crippen molar-refractivity contribution in [1.29, 1.82) is 0 Å². The number of carbonyl (C=O) groups is 1. The van der Waals surface area contributed by atoms with Gasteiger partial charge < -0.3 is 23.8 Å². The number of rotatable bonds is 6. The second-order valence-corrected chi connectivity index (χ2v) is 12.3. The van der Waals surface area contributed by atoms with Gasteiger partial charge in [0.1, 0.15) is 5.60 Å². The molecule has 35 heavy (non-hydrogen) atoms. The van der Waals surface area contributed by atoms with Crippen LogP contribution in [-0.4, -0.2) is 91.0 Å². The van der Waals surface area contributed by atoms with E-state index in [-0.39, 0.29) is 6.09 Å². The van der Waals surface area contributed by atoms with Crippen molar-refractivity contribution < 1.29 is 18.8 Å². The summed E-state index contributed by atoms with van der Waals surface area (Å²) in [6.07, 6.45) is -0.324. The Labute approximate surface area is 217 Å². The average molecular weight is 508 g/mol. The van der Waals surface area contributed by atoms with Crippen LogP contribution in [0.15, 0.2) is 12.1 Å². The number of halogens is 1. The van der Waals surface area contributed by atoms with Gasteiger partial charge >= 0.3 is 13.2 Å². The molecule has 1 aromatic carbocycles. The minimum Gasteiger partial charge on any atom is -0.444 e. The average Bonchev–Trinajstić information content (AvgIpc) is 2.95. The maximum absolute atomic E-state index is 13.1. The number of likely N-dealkylation sites (N-methyl/N-ethyl adjacent to an activating group) is 1. The van der Waals surface area contributed by atoms with Crippen molar-refractivity contribution in [2.75, 3.05) is 46.3 Å². The molecule has 2 saturated heterocycles. The zero-order chi connectivity index (χ0) is 26.2. The first kappa shape index (κ1) is 28.3. The normalized spacial score (nSPS) is 20.8. The molecule has 2 aliphatic heterocycles. The van der Waals surface area contributed by atoms with E-state index < -0.39 is 23.9 Å². The van der Waals surface area contributed by atoms with Crippen molar-refractivity contribution in [2.45, 2.75) is 78.7 Å². The molecule has 0 N–H and O–H groups in total. The molecule has 3 rings (SSSR count). The van der Waals surface area contributed by atoms with E-state index in [9.17, 15) is 4.79 Å². The highest BCUT2D eigenvalue weighted by Crippen LogP contribution is 2.37. The summed E-state index contributed by atoms with van der Waals surface area (Å²) >= 11 is 6.86. The molecule has 0 saturated carbocycles. The minimum absolute atomic E-state index is 0.324. The topological polar surface area (TPSA) is 54.5 Å². The van der Waals surface area contributed by atoms with Crippen molar-refractivity contribution in [3.63, 3.8) is 0 Å². The van der Waals surface area contributed by atoms with Crippen LogP contribution in [0.4, 0.5) is 4.79 Å². The van der Waals surface area contributed by atoms with Gasteiger partial charge in [0, 0.05) is 44.3 Å². The molecular formula is C26H43BClN3O4. The third kappa shape index (κ3) is 6.92. The molecule has 1 amide bonds. The quantitative estimate of drug-likeness (QED) is 0.544. The SMILES string of the molecule is Cc1c(B2OC(C)(C)C(C)(C)O2)ccc(CN(CCN2CCN(C)CC2)C(=O)OC(C)(C)C)c1Cl. The van der Waals surface area contributed by atoms with Gasteiger partial charge in [-0.2, -0.15) is 0 Å². The van der Waals surface area contributed by atoms with Crippen molar-refractivity contribution in [3.05, 3.63) is 28.3 Å². The number of ether oxygens (including phenoxy) is 1. The fourth-order valence-electron chi connectivity index (χ4n) is 4.20. The molecule has 0 aliphatic carbocycles.